The first kappa shape index (κ1) is 17.2. The molecule has 5 nitrogen and oxygen atoms in total. The Bertz CT molecular complexity index is 917. The summed E-state index contributed by atoms with van der Waals surface area (Å²) in [6.45, 7) is 4.17. The minimum Gasteiger partial charge on any atom is -0.486 e. The third kappa shape index (κ3) is 3.53. The fraction of sp³-hybridized carbons (Fsp3) is 0.227. The molecule has 138 valence electrons. The van der Waals surface area contributed by atoms with Crippen molar-refractivity contribution in [3.63, 3.8) is 0 Å². The van der Waals surface area contributed by atoms with Crippen molar-refractivity contribution in [2.75, 3.05) is 19.8 Å². The van der Waals surface area contributed by atoms with E-state index in [1.54, 1.807) is 0 Å². The van der Waals surface area contributed by atoms with Gasteiger partial charge < -0.3 is 18.9 Å². The Morgan fingerprint density at radius 1 is 1.00 bits per heavy atom. The molecule has 5 heteroatoms. The van der Waals surface area contributed by atoms with E-state index in [9.17, 15) is 4.79 Å². The number of hydrogen-bond acceptors (Lipinski definition) is 3. The van der Waals surface area contributed by atoms with Gasteiger partial charge in [-0.3, -0.25) is 4.79 Å². The van der Waals surface area contributed by atoms with Crippen LogP contribution in [0, 0.1) is 0 Å². The molecule has 0 radical (unpaired) electrons. The first-order chi connectivity index (χ1) is 13.3. The lowest BCUT2D eigenvalue weighted by Crippen LogP contribution is -2.31. The van der Waals surface area contributed by atoms with Crippen molar-refractivity contribution < 1.29 is 14.3 Å². The Kier molecular flexibility index (Phi) is 4.83. The molecule has 1 aromatic heterocycles. The van der Waals surface area contributed by atoms with E-state index in [1.165, 1.54) is 0 Å². The lowest BCUT2D eigenvalue weighted by molar-refractivity contribution is 0.0749. The van der Waals surface area contributed by atoms with Crippen LogP contribution in [0.2, 0.25) is 0 Å². The Hall–Kier alpha value is -3.21. The standard InChI is InChI=1S/C22H22N2O3/c1-2-23(16-18-6-5-7-20-21(18)27-15-14-26-20)22(25)17-8-10-19(11-9-17)24-12-3-4-13-24/h3-13H,2,14-16H2,1H3. The third-order valence-electron chi connectivity index (χ3n) is 4.69. The van der Waals surface area contributed by atoms with Crippen LogP contribution >= 0.6 is 0 Å². The molecule has 0 unspecified atom stereocenters. The summed E-state index contributed by atoms with van der Waals surface area (Å²) < 4.78 is 13.4. The molecule has 0 N–H and O–H groups in total. The number of nitrogens with zero attached hydrogens (tertiary/aromatic N) is 2. The van der Waals surface area contributed by atoms with Crippen LogP contribution < -0.4 is 9.47 Å². The summed E-state index contributed by atoms with van der Waals surface area (Å²) in [7, 11) is 0. The molecular formula is C22H22N2O3. The lowest BCUT2D eigenvalue weighted by atomic mass is 10.1. The van der Waals surface area contributed by atoms with E-state index in [0.29, 0.717) is 31.9 Å². The number of fused-ring (bicyclic) bond motifs is 1. The number of benzene rings is 2. The van der Waals surface area contributed by atoms with E-state index in [2.05, 4.69) is 0 Å². The molecule has 0 saturated carbocycles. The lowest BCUT2D eigenvalue weighted by Gasteiger charge is -2.25. The highest BCUT2D eigenvalue weighted by molar-refractivity contribution is 5.94. The van der Waals surface area contributed by atoms with Crippen molar-refractivity contribution in [1.29, 1.82) is 0 Å². The molecule has 2 heterocycles. The zero-order valence-corrected chi connectivity index (χ0v) is 15.3. The van der Waals surface area contributed by atoms with E-state index in [0.717, 1.165) is 22.7 Å². The van der Waals surface area contributed by atoms with Gasteiger partial charge in [-0.1, -0.05) is 12.1 Å². The minimum absolute atomic E-state index is 0.00545. The van der Waals surface area contributed by atoms with E-state index in [-0.39, 0.29) is 5.91 Å². The Morgan fingerprint density at radius 2 is 1.74 bits per heavy atom. The molecule has 1 aliphatic heterocycles. The molecule has 0 atom stereocenters. The molecule has 27 heavy (non-hydrogen) atoms. The Balaban J connectivity index is 1.53. The van der Waals surface area contributed by atoms with Crippen LogP contribution in [0.3, 0.4) is 0 Å². The van der Waals surface area contributed by atoms with Crippen LogP contribution in [0.5, 0.6) is 11.5 Å². The van der Waals surface area contributed by atoms with Gasteiger partial charge in [0, 0.05) is 42.3 Å². The smallest absolute Gasteiger partial charge is 0.254 e. The number of hydrogen-bond donors (Lipinski definition) is 0. The second kappa shape index (κ2) is 7.58. The zero-order chi connectivity index (χ0) is 18.6. The Labute approximate surface area is 158 Å². The molecule has 0 spiro atoms. The van der Waals surface area contributed by atoms with E-state index >= 15 is 0 Å². The summed E-state index contributed by atoms with van der Waals surface area (Å²) in [5.74, 6) is 1.50. The van der Waals surface area contributed by atoms with Crippen LogP contribution in [-0.4, -0.2) is 35.1 Å². The second-order valence-corrected chi connectivity index (χ2v) is 6.40. The number of amides is 1. The molecule has 4 rings (SSSR count). The number of ether oxygens (including phenoxy) is 2. The normalized spacial score (nSPS) is 12.6. The van der Waals surface area contributed by atoms with Gasteiger partial charge in [0.05, 0.1) is 0 Å². The molecule has 0 fully saturated rings. The largest absolute Gasteiger partial charge is 0.486 e. The maximum absolute atomic E-state index is 13.0. The topological polar surface area (TPSA) is 43.7 Å². The van der Waals surface area contributed by atoms with Gasteiger partial charge in [0.1, 0.15) is 13.2 Å². The highest BCUT2D eigenvalue weighted by Crippen LogP contribution is 2.34. The van der Waals surface area contributed by atoms with Crippen LogP contribution in [0.25, 0.3) is 5.69 Å². The molecule has 3 aromatic rings. The third-order valence-corrected chi connectivity index (χ3v) is 4.69. The second-order valence-electron chi connectivity index (χ2n) is 6.40. The van der Waals surface area contributed by atoms with Crippen molar-refractivity contribution in [2.24, 2.45) is 0 Å². The molecule has 0 aliphatic carbocycles. The average molecular weight is 362 g/mol. The predicted molar refractivity (Wildman–Crippen MR) is 104 cm³/mol. The first-order valence-electron chi connectivity index (χ1n) is 9.16. The summed E-state index contributed by atoms with van der Waals surface area (Å²) in [6.07, 6.45) is 3.96. The summed E-state index contributed by atoms with van der Waals surface area (Å²) in [6, 6.07) is 17.4. The number of para-hydroxylation sites is 1. The number of carbonyl (C=O) groups is 1. The van der Waals surface area contributed by atoms with Gasteiger partial charge in [0.2, 0.25) is 0 Å². The fourth-order valence-electron chi connectivity index (χ4n) is 3.26. The van der Waals surface area contributed by atoms with Gasteiger partial charge in [-0.25, -0.2) is 0 Å². The number of aromatic nitrogens is 1. The van der Waals surface area contributed by atoms with E-state index < -0.39 is 0 Å². The highest BCUT2D eigenvalue weighted by Gasteiger charge is 2.20. The zero-order valence-electron chi connectivity index (χ0n) is 15.3. The molecule has 0 bridgehead atoms. The van der Waals surface area contributed by atoms with Crippen LogP contribution in [0.1, 0.15) is 22.8 Å². The fourth-order valence-corrected chi connectivity index (χ4v) is 3.26. The van der Waals surface area contributed by atoms with Gasteiger partial charge in [-0.15, -0.1) is 0 Å². The molecule has 1 aliphatic rings. The molecule has 2 aromatic carbocycles. The van der Waals surface area contributed by atoms with Crippen molar-refractivity contribution in [3.8, 4) is 17.2 Å². The summed E-state index contributed by atoms with van der Waals surface area (Å²) in [5.41, 5.74) is 2.67. The first-order valence-corrected chi connectivity index (χ1v) is 9.16. The minimum atomic E-state index is 0.00545. The van der Waals surface area contributed by atoms with Crippen LogP contribution in [0.4, 0.5) is 0 Å². The SMILES string of the molecule is CCN(Cc1cccc2c1OCCO2)C(=O)c1ccc(-n2cccc2)cc1. The van der Waals surface area contributed by atoms with Gasteiger partial charge in [-0.2, -0.15) is 0 Å². The van der Waals surface area contributed by atoms with Crippen molar-refractivity contribution >= 4 is 5.91 Å². The number of rotatable bonds is 5. The summed E-state index contributed by atoms with van der Waals surface area (Å²) in [4.78, 5) is 14.8. The average Bonchev–Trinajstić information content (AvgIpc) is 3.26. The van der Waals surface area contributed by atoms with Gasteiger partial charge in [0.25, 0.3) is 5.91 Å². The molecule has 1 amide bonds. The Morgan fingerprint density at radius 3 is 2.48 bits per heavy atom. The monoisotopic (exact) mass is 362 g/mol. The van der Waals surface area contributed by atoms with Gasteiger partial charge in [-0.05, 0) is 49.4 Å². The summed E-state index contributed by atoms with van der Waals surface area (Å²) in [5, 5.41) is 0. The van der Waals surface area contributed by atoms with E-state index in [4.69, 9.17) is 9.47 Å². The molecular weight excluding hydrogens is 340 g/mol. The maximum atomic E-state index is 13.0. The van der Waals surface area contributed by atoms with Gasteiger partial charge >= 0.3 is 0 Å². The van der Waals surface area contributed by atoms with Crippen LogP contribution in [0.15, 0.2) is 67.0 Å². The maximum Gasteiger partial charge on any atom is 0.254 e. The summed E-state index contributed by atoms with van der Waals surface area (Å²) >= 11 is 0. The van der Waals surface area contributed by atoms with Crippen molar-refractivity contribution in [1.82, 2.24) is 9.47 Å². The highest BCUT2D eigenvalue weighted by atomic mass is 16.6. The predicted octanol–water partition coefficient (Wildman–Crippen LogP) is 3.91. The van der Waals surface area contributed by atoms with Crippen molar-refractivity contribution in [3.05, 3.63) is 78.1 Å². The van der Waals surface area contributed by atoms with Crippen LogP contribution in [-0.2, 0) is 6.54 Å². The number of carbonyl (C=O) groups excluding carboxylic acids is 1. The van der Waals surface area contributed by atoms with Crippen molar-refractivity contribution in [2.45, 2.75) is 13.5 Å². The molecule has 0 saturated heterocycles. The van der Waals surface area contributed by atoms with E-state index in [1.807, 2.05) is 83.4 Å². The quantitative estimate of drug-likeness (QED) is 0.691. The van der Waals surface area contributed by atoms with Gasteiger partial charge in [0.15, 0.2) is 11.5 Å².